The maximum atomic E-state index is 11.9. The average molecular weight is 299 g/mol. The molecule has 3 rings (SSSR count). The maximum Gasteiger partial charge on any atom is 0.317 e. The number of urea groups is 1. The van der Waals surface area contributed by atoms with Gasteiger partial charge in [-0.25, -0.2) is 14.8 Å². The summed E-state index contributed by atoms with van der Waals surface area (Å²) in [6.07, 6.45) is 1.63. The third-order valence-corrected chi connectivity index (χ3v) is 4.04. The van der Waals surface area contributed by atoms with Gasteiger partial charge in [0.15, 0.2) is 0 Å². The van der Waals surface area contributed by atoms with Crippen molar-refractivity contribution >= 4 is 22.8 Å². The highest BCUT2D eigenvalue weighted by molar-refractivity contribution is 5.91. The van der Waals surface area contributed by atoms with Crippen molar-refractivity contribution in [2.75, 3.05) is 37.6 Å². The first-order chi connectivity index (χ1) is 10.7. The van der Waals surface area contributed by atoms with Crippen molar-refractivity contribution in [1.29, 1.82) is 0 Å². The average Bonchev–Trinajstić information content (AvgIpc) is 2.55. The quantitative estimate of drug-likeness (QED) is 0.918. The molecule has 2 amide bonds. The number of aryl methyl sites for hydroxylation is 1. The van der Waals surface area contributed by atoms with Crippen molar-refractivity contribution in [3.05, 3.63) is 30.1 Å². The number of hydrogen-bond acceptors (Lipinski definition) is 4. The van der Waals surface area contributed by atoms with E-state index in [-0.39, 0.29) is 6.03 Å². The normalized spacial score (nSPS) is 15.2. The number of fused-ring (bicyclic) bond motifs is 1. The summed E-state index contributed by atoms with van der Waals surface area (Å²) >= 11 is 0. The zero-order valence-corrected chi connectivity index (χ0v) is 13.0. The van der Waals surface area contributed by atoms with E-state index in [1.54, 1.807) is 6.33 Å². The number of carbonyl (C=O) groups is 1. The molecule has 0 atom stereocenters. The summed E-state index contributed by atoms with van der Waals surface area (Å²) in [4.78, 5) is 24.8. The Kier molecular flexibility index (Phi) is 4.09. The molecule has 0 unspecified atom stereocenters. The van der Waals surface area contributed by atoms with Gasteiger partial charge in [0.05, 0.1) is 5.52 Å². The number of carbonyl (C=O) groups excluding carboxylic acids is 1. The number of hydrogen-bond donors (Lipinski definition) is 1. The second-order valence-electron chi connectivity index (χ2n) is 5.48. The summed E-state index contributed by atoms with van der Waals surface area (Å²) < 4.78 is 0. The summed E-state index contributed by atoms with van der Waals surface area (Å²) in [6.45, 7) is 7.66. The molecule has 6 heteroatoms. The van der Waals surface area contributed by atoms with Crippen LogP contribution in [0.3, 0.4) is 0 Å². The van der Waals surface area contributed by atoms with Gasteiger partial charge in [0.2, 0.25) is 0 Å². The van der Waals surface area contributed by atoms with Gasteiger partial charge in [-0.1, -0.05) is 12.1 Å². The highest BCUT2D eigenvalue weighted by atomic mass is 16.2. The first-order valence-electron chi connectivity index (χ1n) is 7.68. The third kappa shape index (κ3) is 2.68. The zero-order chi connectivity index (χ0) is 15.5. The summed E-state index contributed by atoms with van der Waals surface area (Å²) in [5.41, 5.74) is 2.15. The van der Waals surface area contributed by atoms with E-state index in [1.807, 2.05) is 17.9 Å². The Morgan fingerprint density at radius 2 is 2.00 bits per heavy atom. The summed E-state index contributed by atoms with van der Waals surface area (Å²) in [6, 6.07) is 6.18. The van der Waals surface area contributed by atoms with Crippen LogP contribution in [-0.4, -0.2) is 53.6 Å². The fourth-order valence-corrected chi connectivity index (χ4v) is 2.86. The Hall–Kier alpha value is -2.37. The Bertz CT molecular complexity index is 679. The van der Waals surface area contributed by atoms with Gasteiger partial charge in [0.25, 0.3) is 0 Å². The molecule has 6 nitrogen and oxygen atoms in total. The van der Waals surface area contributed by atoms with Crippen LogP contribution in [-0.2, 0) is 0 Å². The predicted octanol–water partition coefficient (Wildman–Crippen LogP) is 1.79. The van der Waals surface area contributed by atoms with Gasteiger partial charge in [-0.15, -0.1) is 0 Å². The van der Waals surface area contributed by atoms with E-state index in [0.29, 0.717) is 19.6 Å². The molecule has 1 fully saturated rings. The zero-order valence-electron chi connectivity index (χ0n) is 13.0. The number of para-hydroxylation sites is 1. The minimum atomic E-state index is 0.0190. The van der Waals surface area contributed by atoms with Crippen molar-refractivity contribution in [1.82, 2.24) is 20.2 Å². The number of nitrogens with zero attached hydrogens (tertiary/aromatic N) is 4. The number of nitrogens with one attached hydrogen (secondary N) is 1. The van der Waals surface area contributed by atoms with Crippen LogP contribution >= 0.6 is 0 Å². The molecular formula is C16H21N5O. The van der Waals surface area contributed by atoms with Crippen LogP contribution in [0.1, 0.15) is 12.5 Å². The van der Waals surface area contributed by atoms with Gasteiger partial charge in [-0.3, -0.25) is 0 Å². The monoisotopic (exact) mass is 299 g/mol. The van der Waals surface area contributed by atoms with E-state index >= 15 is 0 Å². The first-order valence-corrected chi connectivity index (χ1v) is 7.68. The molecule has 116 valence electrons. The second-order valence-corrected chi connectivity index (χ2v) is 5.48. The molecule has 2 heterocycles. The van der Waals surface area contributed by atoms with Crippen LogP contribution in [0.4, 0.5) is 10.6 Å². The van der Waals surface area contributed by atoms with Crippen molar-refractivity contribution < 1.29 is 4.79 Å². The van der Waals surface area contributed by atoms with Gasteiger partial charge in [0, 0.05) is 38.1 Å². The van der Waals surface area contributed by atoms with E-state index in [0.717, 1.165) is 35.4 Å². The molecule has 0 saturated carbocycles. The SMILES string of the molecule is CCNC(=O)N1CCN(c2ncnc3c(C)cccc23)CC1. The summed E-state index contributed by atoms with van der Waals surface area (Å²) in [5, 5.41) is 3.93. The van der Waals surface area contributed by atoms with Crippen molar-refractivity contribution in [2.45, 2.75) is 13.8 Å². The fraction of sp³-hybridized carbons (Fsp3) is 0.438. The lowest BCUT2D eigenvalue weighted by Crippen LogP contribution is -2.52. The Morgan fingerprint density at radius 1 is 1.23 bits per heavy atom. The van der Waals surface area contributed by atoms with E-state index in [2.05, 4.69) is 39.2 Å². The van der Waals surface area contributed by atoms with Crippen LogP contribution in [0.15, 0.2) is 24.5 Å². The Balaban J connectivity index is 1.80. The molecule has 0 radical (unpaired) electrons. The van der Waals surface area contributed by atoms with Crippen LogP contribution in [0.5, 0.6) is 0 Å². The number of anilines is 1. The van der Waals surface area contributed by atoms with E-state index in [1.165, 1.54) is 0 Å². The number of aromatic nitrogens is 2. The Labute approximate surface area is 130 Å². The van der Waals surface area contributed by atoms with Crippen LogP contribution in [0.2, 0.25) is 0 Å². The molecule has 1 aliphatic rings. The number of benzene rings is 1. The van der Waals surface area contributed by atoms with Crippen LogP contribution in [0.25, 0.3) is 10.9 Å². The topological polar surface area (TPSA) is 61.4 Å². The van der Waals surface area contributed by atoms with Gasteiger partial charge in [-0.05, 0) is 25.5 Å². The van der Waals surface area contributed by atoms with Crippen LogP contribution in [0, 0.1) is 6.92 Å². The van der Waals surface area contributed by atoms with Gasteiger partial charge in [0.1, 0.15) is 12.1 Å². The van der Waals surface area contributed by atoms with Crippen molar-refractivity contribution in [3.63, 3.8) is 0 Å². The smallest absolute Gasteiger partial charge is 0.317 e. The molecule has 0 aliphatic carbocycles. The number of rotatable bonds is 2. The first kappa shape index (κ1) is 14.6. The minimum absolute atomic E-state index is 0.0190. The highest BCUT2D eigenvalue weighted by Crippen LogP contribution is 2.25. The lowest BCUT2D eigenvalue weighted by Gasteiger charge is -2.35. The summed E-state index contributed by atoms with van der Waals surface area (Å²) in [7, 11) is 0. The molecule has 2 aromatic rings. The van der Waals surface area contributed by atoms with Crippen LogP contribution < -0.4 is 10.2 Å². The molecule has 0 spiro atoms. The van der Waals surface area contributed by atoms with Crippen molar-refractivity contribution in [3.8, 4) is 0 Å². The number of amides is 2. The third-order valence-electron chi connectivity index (χ3n) is 4.04. The molecule has 22 heavy (non-hydrogen) atoms. The van der Waals surface area contributed by atoms with E-state index in [4.69, 9.17) is 0 Å². The van der Waals surface area contributed by atoms with Gasteiger partial charge in [-0.2, -0.15) is 0 Å². The van der Waals surface area contributed by atoms with Gasteiger partial charge < -0.3 is 15.1 Å². The largest absolute Gasteiger partial charge is 0.352 e. The molecule has 1 saturated heterocycles. The lowest BCUT2D eigenvalue weighted by molar-refractivity contribution is 0.195. The summed E-state index contributed by atoms with van der Waals surface area (Å²) in [5.74, 6) is 0.962. The van der Waals surface area contributed by atoms with E-state index in [9.17, 15) is 4.79 Å². The molecule has 1 N–H and O–H groups in total. The van der Waals surface area contributed by atoms with Gasteiger partial charge >= 0.3 is 6.03 Å². The molecule has 1 aromatic carbocycles. The fourth-order valence-electron chi connectivity index (χ4n) is 2.86. The lowest BCUT2D eigenvalue weighted by atomic mass is 10.1. The standard InChI is InChI=1S/C16H21N5O/c1-3-17-16(22)21-9-7-20(8-10-21)15-13-6-4-5-12(2)14(13)18-11-19-15/h4-6,11H,3,7-10H2,1-2H3,(H,17,22). The second kappa shape index (κ2) is 6.17. The highest BCUT2D eigenvalue weighted by Gasteiger charge is 2.22. The maximum absolute atomic E-state index is 11.9. The minimum Gasteiger partial charge on any atom is -0.352 e. The van der Waals surface area contributed by atoms with Crippen molar-refractivity contribution in [2.24, 2.45) is 0 Å². The van der Waals surface area contributed by atoms with E-state index < -0.39 is 0 Å². The molecule has 1 aromatic heterocycles. The number of piperazine rings is 1. The molecule has 0 bridgehead atoms. The molecule has 1 aliphatic heterocycles. The molecular weight excluding hydrogens is 278 g/mol. The Morgan fingerprint density at radius 3 is 2.73 bits per heavy atom. The predicted molar refractivity (Wildman–Crippen MR) is 87.1 cm³/mol.